The summed E-state index contributed by atoms with van der Waals surface area (Å²) in [4.78, 5) is 0. The number of alkyl halides is 2. The first-order chi connectivity index (χ1) is 6.22. The third-order valence-electron chi connectivity index (χ3n) is 0.969. The maximum atomic E-state index is 11.5. The van der Waals surface area contributed by atoms with Crippen molar-refractivity contribution in [3.63, 3.8) is 0 Å². The first-order valence-electron chi connectivity index (χ1n) is 3.78. The molecule has 0 aromatic rings. The van der Waals surface area contributed by atoms with E-state index in [0.29, 0.717) is 0 Å². The quantitative estimate of drug-likeness (QED) is 0.723. The molecule has 0 heterocycles. The molecule has 87 valence electrons. The summed E-state index contributed by atoms with van der Waals surface area (Å²) in [5.41, 5.74) is 0. The van der Waals surface area contributed by atoms with Gasteiger partial charge in [0.2, 0.25) is 0 Å². The molecule has 0 bridgehead atoms. The monoisotopic (exact) mass is 253 g/mol. The van der Waals surface area contributed by atoms with Crippen LogP contribution in [0.4, 0.5) is 13.3 Å². The molecule has 0 rings (SSSR count). The van der Waals surface area contributed by atoms with Crippen LogP contribution in [0.1, 0.15) is 20.8 Å². The maximum absolute atomic E-state index is 11.5. The number of rotatable bonds is 4. The van der Waals surface area contributed by atoms with Crippen molar-refractivity contribution in [2.24, 2.45) is 0 Å². The predicted molar refractivity (Wildman–Crippen MR) is 49.7 cm³/mol. The second-order valence-electron chi connectivity index (χ2n) is 2.18. The summed E-state index contributed by atoms with van der Waals surface area (Å²) in [7, 11) is -3.76. The van der Waals surface area contributed by atoms with E-state index in [4.69, 9.17) is 0 Å². The van der Waals surface area contributed by atoms with Crippen molar-refractivity contribution < 1.29 is 26.1 Å². The largest absolute Gasteiger partial charge is 0.370 e. The van der Waals surface area contributed by atoms with Crippen molar-refractivity contribution in [1.29, 1.82) is 0 Å². The van der Waals surface area contributed by atoms with Gasteiger partial charge in [0.15, 0.2) is 0 Å². The average molecular weight is 253 g/mol. The van der Waals surface area contributed by atoms with Crippen molar-refractivity contribution in [1.82, 2.24) is 0 Å². The summed E-state index contributed by atoms with van der Waals surface area (Å²) >= 11 is 0. The Hall–Kier alpha value is 0.130. The Labute approximate surface area is 83.8 Å². The summed E-state index contributed by atoms with van der Waals surface area (Å²) < 4.78 is 55.2. The highest BCUT2D eigenvalue weighted by atomic mass is 32.2. The number of halogens is 3. The molecule has 0 saturated heterocycles. The van der Waals surface area contributed by atoms with E-state index in [1.165, 1.54) is 12.3 Å². The molecule has 1 radical (unpaired) electrons. The smallest absolute Gasteiger partial charge is 0.190 e. The first kappa shape index (κ1) is 16.6. The van der Waals surface area contributed by atoms with Crippen LogP contribution in [-0.2, 0) is 14.5 Å². The van der Waals surface area contributed by atoms with Gasteiger partial charge < -0.3 is 0 Å². The van der Waals surface area contributed by atoms with Crippen molar-refractivity contribution in [2.45, 2.75) is 26.0 Å². The molecule has 0 unspecified atom stereocenters. The molecule has 0 saturated carbocycles. The van der Waals surface area contributed by atoms with Crippen LogP contribution >= 0.6 is 8.58 Å². The number of hydrogen-bond donors (Lipinski definition) is 0. The highest BCUT2D eigenvalue weighted by Crippen LogP contribution is 2.21. The average Bonchev–Trinajstić information content (AvgIpc) is 2.05. The van der Waals surface area contributed by atoms with Gasteiger partial charge in [-0.05, 0) is 16.8 Å². The molecule has 0 amide bonds. The van der Waals surface area contributed by atoms with Crippen LogP contribution in [0.5, 0.6) is 0 Å². The van der Waals surface area contributed by atoms with E-state index >= 15 is 0 Å². The molecule has 0 aromatic heterocycles. The van der Waals surface area contributed by atoms with Gasteiger partial charge in [-0.2, -0.15) is 17.2 Å². The zero-order chi connectivity index (χ0) is 11.8. The molecule has 0 aromatic carbocycles. The summed E-state index contributed by atoms with van der Waals surface area (Å²) in [6.07, 6.45) is 2.63. The van der Waals surface area contributed by atoms with Crippen LogP contribution in [-0.4, -0.2) is 26.0 Å². The van der Waals surface area contributed by atoms with Gasteiger partial charge in [0, 0.05) is 6.92 Å². The summed E-state index contributed by atoms with van der Waals surface area (Å²) in [5.74, 6) is 0. The predicted octanol–water partition coefficient (Wildman–Crippen LogP) is 2.80. The lowest BCUT2D eigenvalue weighted by molar-refractivity contribution is -0.0231. The van der Waals surface area contributed by atoms with Crippen LogP contribution in [0, 0.1) is 0 Å². The molecule has 0 N–H and O–H groups in total. The van der Waals surface area contributed by atoms with Crippen LogP contribution in [0.25, 0.3) is 0 Å². The van der Waals surface area contributed by atoms with Gasteiger partial charge >= 0.3 is 15.4 Å². The fourth-order valence-corrected chi connectivity index (χ4v) is 0.837. The van der Waals surface area contributed by atoms with E-state index in [1.54, 1.807) is 8.58 Å². The van der Waals surface area contributed by atoms with E-state index in [9.17, 15) is 21.7 Å². The molecular weight excluding hydrogens is 240 g/mol. The lowest BCUT2D eigenvalue weighted by atomic mass is 10.9. The van der Waals surface area contributed by atoms with Gasteiger partial charge in [-0.15, -0.1) is 0 Å². The molecule has 0 atom stereocenters. The molecular formula is C6H13F3O3PS. The van der Waals surface area contributed by atoms with Crippen molar-refractivity contribution in [3.8, 4) is 0 Å². The molecule has 3 nitrogen and oxygen atoms in total. The highest BCUT2D eigenvalue weighted by Gasteiger charge is 2.41. The van der Waals surface area contributed by atoms with Crippen LogP contribution < -0.4 is 0 Å². The fraction of sp³-hybridized carbons (Fsp3) is 1.00. The van der Waals surface area contributed by atoms with Crippen LogP contribution in [0.3, 0.4) is 0 Å². The van der Waals surface area contributed by atoms with Crippen molar-refractivity contribution in [3.05, 3.63) is 0 Å². The van der Waals surface area contributed by atoms with Crippen molar-refractivity contribution in [2.75, 3.05) is 12.3 Å². The van der Waals surface area contributed by atoms with Gasteiger partial charge in [0.1, 0.15) is 0 Å². The Morgan fingerprint density at radius 1 is 1.29 bits per heavy atom. The maximum Gasteiger partial charge on any atom is 0.370 e. The van der Waals surface area contributed by atoms with Crippen molar-refractivity contribution >= 4 is 18.7 Å². The second-order valence-corrected chi connectivity index (χ2v) is 5.64. The van der Waals surface area contributed by atoms with Crippen LogP contribution in [0.15, 0.2) is 0 Å². The van der Waals surface area contributed by atoms with E-state index < -0.39 is 15.4 Å². The summed E-state index contributed by atoms with van der Waals surface area (Å²) in [6.45, 7) is 4.41. The first-order valence-corrected chi connectivity index (χ1v) is 6.46. The fourth-order valence-electron chi connectivity index (χ4n) is 0.279. The summed E-state index contributed by atoms with van der Waals surface area (Å²) in [5, 5.41) is -4.18. The van der Waals surface area contributed by atoms with E-state index in [0.717, 1.165) is 0 Å². The molecule has 0 aliphatic heterocycles. The van der Waals surface area contributed by atoms with E-state index in [1.807, 2.05) is 4.39 Å². The molecule has 14 heavy (non-hydrogen) atoms. The highest BCUT2D eigenvalue weighted by molar-refractivity contribution is 7.87. The minimum Gasteiger partial charge on any atom is -0.190 e. The Bertz CT molecular complexity index is 223. The number of hydrogen-bond acceptors (Lipinski definition) is 3. The second kappa shape index (κ2) is 7.43. The van der Waals surface area contributed by atoms with Gasteiger partial charge in [0.05, 0.1) is 0 Å². The normalized spacial score (nSPS) is 11.9. The lowest BCUT2D eigenvalue weighted by Gasteiger charge is -2.04. The zero-order valence-corrected chi connectivity index (χ0v) is 9.84. The summed E-state index contributed by atoms with van der Waals surface area (Å²) in [6, 6.07) is 0. The molecule has 0 aliphatic carbocycles. The van der Waals surface area contributed by atoms with E-state index in [-0.39, 0.29) is 6.92 Å². The minimum atomic E-state index is -5.34. The Kier molecular flexibility index (Phi) is 8.78. The van der Waals surface area contributed by atoms with Gasteiger partial charge in [-0.1, -0.05) is 26.8 Å². The van der Waals surface area contributed by atoms with Gasteiger partial charge in [-0.25, -0.2) is 0 Å². The third kappa shape index (κ3) is 7.53. The standard InChI is InChI=1S/C4H10P.C2H3F3O3S/c1-3-5-4-2;1-2(3,4)9(6,7)8-5/h3-4H2,1-2H3;1H3. The SMILES string of the molecule is CC(F)(F)S(=O)(=O)OF.CC[P]CC. The Morgan fingerprint density at radius 3 is 1.64 bits per heavy atom. The lowest BCUT2D eigenvalue weighted by Crippen LogP contribution is -2.24. The Balaban J connectivity index is 0. The van der Waals surface area contributed by atoms with E-state index in [2.05, 4.69) is 13.8 Å². The zero-order valence-electron chi connectivity index (χ0n) is 8.13. The van der Waals surface area contributed by atoms with Crippen LogP contribution in [0.2, 0.25) is 0 Å². The molecule has 0 fully saturated rings. The van der Waals surface area contributed by atoms with Gasteiger partial charge in [0.25, 0.3) is 0 Å². The topological polar surface area (TPSA) is 43.4 Å². The third-order valence-corrected chi connectivity index (χ3v) is 2.91. The van der Waals surface area contributed by atoms with Gasteiger partial charge in [-0.3, -0.25) is 0 Å². The minimum absolute atomic E-state index is 0.0158. The molecule has 0 aliphatic rings. The Morgan fingerprint density at radius 2 is 1.64 bits per heavy atom. The molecule has 8 heteroatoms. The molecule has 0 spiro atoms.